The second-order valence-electron chi connectivity index (χ2n) is 6.62. The Balaban J connectivity index is 2.23. The standard InChI is InChI=1S/C19H26N2O5/c1-12(2)25-18-10-14(26-13(3)22)9-16-15(18)11-17(20-16)19(23)24-8-6-7-21(4)5/h9-12,20H,6-8H2,1-5H3. The molecule has 0 aliphatic rings. The van der Waals surface area contributed by atoms with E-state index < -0.39 is 11.9 Å². The topological polar surface area (TPSA) is 80.9 Å². The molecule has 0 saturated carbocycles. The third-order valence-electron chi connectivity index (χ3n) is 3.50. The molecule has 2 aromatic rings. The highest BCUT2D eigenvalue weighted by Gasteiger charge is 2.16. The molecule has 0 aliphatic heterocycles. The lowest BCUT2D eigenvalue weighted by Crippen LogP contribution is -2.16. The molecule has 26 heavy (non-hydrogen) atoms. The van der Waals surface area contributed by atoms with Crippen molar-refractivity contribution in [2.24, 2.45) is 0 Å². The van der Waals surface area contributed by atoms with Gasteiger partial charge in [-0.2, -0.15) is 0 Å². The molecular formula is C19H26N2O5. The predicted octanol–water partition coefficient (Wildman–Crippen LogP) is 2.99. The highest BCUT2D eigenvalue weighted by molar-refractivity contribution is 5.97. The highest BCUT2D eigenvalue weighted by atomic mass is 16.5. The zero-order valence-electron chi connectivity index (χ0n) is 15.9. The van der Waals surface area contributed by atoms with Crippen molar-refractivity contribution in [1.29, 1.82) is 0 Å². The van der Waals surface area contributed by atoms with Crippen molar-refractivity contribution in [3.63, 3.8) is 0 Å². The van der Waals surface area contributed by atoms with Gasteiger partial charge in [0.1, 0.15) is 17.2 Å². The lowest BCUT2D eigenvalue weighted by atomic mass is 10.2. The summed E-state index contributed by atoms with van der Waals surface area (Å²) in [4.78, 5) is 28.5. The van der Waals surface area contributed by atoms with Gasteiger partial charge in [0.05, 0.1) is 18.2 Å². The predicted molar refractivity (Wildman–Crippen MR) is 98.8 cm³/mol. The summed E-state index contributed by atoms with van der Waals surface area (Å²) >= 11 is 0. The summed E-state index contributed by atoms with van der Waals surface area (Å²) in [5, 5.41) is 0.731. The zero-order valence-corrected chi connectivity index (χ0v) is 15.9. The maximum Gasteiger partial charge on any atom is 0.354 e. The van der Waals surface area contributed by atoms with Crippen molar-refractivity contribution in [2.75, 3.05) is 27.2 Å². The van der Waals surface area contributed by atoms with Crippen molar-refractivity contribution >= 4 is 22.8 Å². The molecule has 1 N–H and O–H groups in total. The van der Waals surface area contributed by atoms with Gasteiger partial charge >= 0.3 is 11.9 Å². The number of ether oxygens (including phenoxy) is 3. The van der Waals surface area contributed by atoms with E-state index in [4.69, 9.17) is 14.2 Å². The average molecular weight is 362 g/mol. The van der Waals surface area contributed by atoms with E-state index in [1.807, 2.05) is 32.8 Å². The fourth-order valence-electron chi connectivity index (χ4n) is 2.49. The Hall–Kier alpha value is -2.54. The van der Waals surface area contributed by atoms with E-state index in [9.17, 15) is 9.59 Å². The number of H-pyrrole nitrogens is 1. The van der Waals surface area contributed by atoms with Crippen LogP contribution in [0.4, 0.5) is 0 Å². The number of carbonyl (C=O) groups excluding carboxylic acids is 2. The van der Waals surface area contributed by atoms with E-state index in [0.29, 0.717) is 29.3 Å². The summed E-state index contributed by atoms with van der Waals surface area (Å²) < 4.78 is 16.3. The first-order chi connectivity index (χ1) is 12.3. The first kappa shape index (κ1) is 19.8. The fraction of sp³-hybridized carbons (Fsp3) is 0.474. The Morgan fingerprint density at radius 2 is 1.92 bits per heavy atom. The number of carbonyl (C=O) groups is 2. The van der Waals surface area contributed by atoms with Gasteiger partial charge in [-0.05, 0) is 40.4 Å². The van der Waals surface area contributed by atoms with Crippen molar-refractivity contribution in [1.82, 2.24) is 9.88 Å². The Morgan fingerprint density at radius 3 is 2.54 bits per heavy atom. The van der Waals surface area contributed by atoms with Crippen LogP contribution in [0.1, 0.15) is 37.7 Å². The van der Waals surface area contributed by atoms with E-state index in [-0.39, 0.29) is 6.10 Å². The van der Waals surface area contributed by atoms with Crippen LogP contribution in [0.5, 0.6) is 11.5 Å². The van der Waals surface area contributed by atoms with Gasteiger partial charge in [0.15, 0.2) is 0 Å². The van der Waals surface area contributed by atoms with Gasteiger partial charge in [-0.1, -0.05) is 0 Å². The number of hydrogen-bond donors (Lipinski definition) is 1. The molecule has 2 rings (SSSR count). The van der Waals surface area contributed by atoms with E-state index in [1.165, 1.54) is 6.92 Å². The molecular weight excluding hydrogens is 336 g/mol. The quantitative estimate of drug-likeness (QED) is 0.442. The van der Waals surface area contributed by atoms with Crippen molar-refractivity contribution in [3.8, 4) is 11.5 Å². The highest BCUT2D eigenvalue weighted by Crippen LogP contribution is 2.33. The molecule has 142 valence electrons. The van der Waals surface area contributed by atoms with Crippen molar-refractivity contribution in [2.45, 2.75) is 33.3 Å². The Morgan fingerprint density at radius 1 is 1.19 bits per heavy atom. The minimum atomic E-state index is -0.426. The van der Waals surface area contributed by atoms with Gasteiger partial charge in [0.25, 0.3) is 0 Å². The van der Waals surface area contributed by atoms with Crippen LogP contribution >= 0.6 is 0 Å². The molecule has 0 unspecified atom stereocenters. The minimum Gasteiger partial charge on any atom is -0.490 e. The van der Waals surface area contributed by atoms with Gasteiger partial charge in [0, 0.05) is 31.0 Å². The number of benzene rings is 1. The maximum atomic E-state index is 12.3. The molecule has 0 radical (unpaired) electrons. The van der Waals surface area contributed by atoms with Crippen LogP contribution in [0.3, 0.4) is 0 Å². The molecule has 0 amide bonds. The third kappa shape index (κ3) is 5.49. The molecule has 0 saturated heterocycles. The normalized spacial score (nSPS) is 11.2. The number of aromatic amines is 1. The number of aromatic nitrogens is 1. The molecule has 0 aliphatic carbocycles. The zero-order chi connectivity index (χ0) is 19.3. The van der Waals surface area contributed by atoms with Crippen molar-refractivity contribution in [3.05, 3.63) is 23.9 Å². The number of esters is 2. The van der Waals surface area contributed by atoms with E-state index in [1.54, 1.807) is 18.2 Å². The molecule has 1 heterocycles. The molecule has 0 fully saturated rings. The summed E-state index contributed by atoms with van der Waals surface area (Å²) in [5.41, 5.74) is 0.970. The second kappa shape index (κ2) is 8.71. The molecule has 7 heteroatoms. The van der Waals surface area contributed by atoms with E-state index in [0.717, 1.165) is 18.4 Å². The Bertz CT molecular complexity index is 780. The van der Waals surface area contributed by atoms with Crippen molar-refractivity contribution < 1.29 is 23.8 Å². The summed E-state index contributed by atoms with van der Waals surface area (Å²) in [6.45, 7) is 6.32. The largest absolute Gasteiger partial charge is 0.490 e. The smallest absolute Gasteiger partial charge is 0.354 e. The molecule has 1 aromatic carbocycles. The summed E-state index contributed by atoms with van der Waals surface area (Å²) in [6, 6.07) is 5.00. The van der Waals surface area contributed by atoms with Crippen LogP contribution in [0.25, 0.3) is 10.9 Å². The number of fused-ring (bicyclic) bond motifs is 1. The molecule has 1 aromatic heterocycles. The van der Waals surface area contributed by atoms with Gasteiger partial charge in [-0.15, -0.1) is 0 Å². The Kier molecular flexibility index (Phi) is 6.63. The SMILES string of the molecule is CC(=O)Oc1cc(OC(C)C)c2cc(C(=O)OCCCN(C)C)[nH]c2c1. The van der Waals surface area contributed by atoms with Crippen LogP contribution in [0.2, 0.25) is 0 Å². The van der Waals surface area contributed by atoms with Crippen LogP contribution in [-0.2, 0) is 9.53 Å². The average Bonchev–Trinajstić information content (AvgIpc) is 2.94. The number of rotatable bonds is 8. The third-order valence-corrected chi connectivity index (χ3v) is 3.50. The van der Waals surface area contributed by atoms with Crippen LogP contribution in [0, 0.1) is 0 Å². The number of nitrogens with one attached hydrogen (secondary N) is 1. The lowest BCUT2D eigenvalue weighted by Gasteiger charge is -2.12. The maximum absolute atomic E-state index is 12.3. The fourth-order valence-corrected chi connectivity index (χ4v) is 2.49. The second-order valence-corrected chi connectivity index (χ2v) is 6.62. The van der Waals surface area contributed by atoms with Crippen LogP contribution < -0.4 is 9.47 Å². The Labute approximate surface area is 153 Å². The summed E-state index contributed by atoms with van der Waals surface area (Å²) in [6.07, 6.45) is 0.694. The molecule has 0 bridgehead atoms. The minimum absolute atomic E-state index is 0.0675. The summed E-state index contributed by atoms with van der Waals surface area (Å²) in [5.74, 6) is 0.0430. The van der Waals surface area contributed by atoms with Gasteiger partial charge in [-0.3, -0.25) is 4.79 Å². The molecule has 0 atom stereocenters. The first-order valence-electron chi connectivity index (χ1n) is 8.60. The van der Waals surface area contributed by atoms with Gasteiger partial charge in [0.2, 0.25) is 0 Å². The van der Waals surface area contributed by atoms with Gasteiger partial charge < -0.3 is 24.1 Å². The van der Waals surface area contributed by atoms with Gasteiger partial charge in [-0.25, -0.2) is 4.79 Å². The van der Waals surface area contributed by atoms with E-state index >= 15 is 0 Å². The van der Waals surface area contributed by atoms with Crippen LogP contribution in [0.15, 0.2) is 18.2 Å². The first-order valence-corrected chi connectivity index (χ1v) is 8.60. The van der Waals surface area contributed by atoms with Crippen LogP contribution in [-0.4, -0.2) is 55.2 Å². The number of hydrogen-bond acceptors (Lipinski definition) is 6. The lowest BCUT2D eigenvalue weighted by molar-refractivity contribution is -0.131. The number of nitrogens with zero attached hydrogens (tertiary/aromatic N) is 1. The monoisotopic (exact) mass is 362 g/mol. The molecule has 0 spiro atoms. The van der Waals surface area contributed by atoms with E-state index in [2.05, 4.69) is 4.98 Å². The molecule has 7 nitrogen and oxygen atoms in total. The summed E-state index contributed by atoms with van der Waals surface area (Å²) in [7, 11) is 3.94.